The molecule has 0 radical (unpaired) electrons. The number of rotatable bonds is 9. The zero-order chi connectivity index (χ0) is 19.8. The zero-order valence-corrected chi connectivity index (χ0v) is 16.8. The van der Waals surface area contributed by atoms with Crippen LogP contribution in [0.4, 0.5) is 0 Å². The second-order valence-electron chi connectivity index (χ2n) is 6.59. The van der Waals surface area contributed by atoms with Crippen molar-refractivity contribution in [2.45, 2.75) is 39.7 Å². The molecule has 0 aliphatic rings. The minimum atomic E-state index is -0.534. The van der Waals surface area contributed by atoms with E-state index in [2.05, 4.69) is 5.32 Å². The smallest absolute Gasteiger partial charge is 0.260 e. The van der Waals surface area contributed by atoms with Crippen molar-refractivity contribution < 1.29 is 19.0 Å². The number of aryl methyl sites for hydroxylation is 3. The van der Waals surface area contributed by atoms with Crippen molar-refractivity contribution in [2.24, 2.45) is 0 Å². The van der Waals surface area contributed by atoms with Crippen LogP contribution in [0.3, 0.4) is 0 Å². The van der Waals surface area contributed by atoms with E-state index < -0.39 is 6.10 Å². The molecule has 27 heavy (non-hydrogen) atoms. The van der Waals surface area contributed by atoms with Gasteiger partial charge in [0.15, 0.2) is 17.6 Å². The summed E-state index contributed by atoms with van der Waals surface area (Å²) in [5, 5.41) is 2.93. The van der Waals surface area contributed by atoms with Gasteiger partial charge in [-0.2, -0.15) is 0 Å². The summed E-state index contributed by atoms with van der Waals surface area (Å²) in [6.45, 7) is 6.43. The fourth-order valence-corrected chi connectivity index (χ4v) is 2.73. The maximum atomic E-state index is 12.2. The molecule has 2 aromatic carbocycles. The third-order valence-corrected chi connectivity index (χ3v) is 4.55. The van der Waals surface area contributed by atoms with Crippen LogP contribution >= 0.6 is 0 Å². The van der Waals surface area contributed by atoms with Gasteiger partial charge in [0, 0.05) is 6.54 Å². The first-order valence-corrected chi connectivity index (χ1v) is 9.17. The molecule has 146 valence electrons. The average Bonchev–Trinajstić information content (AvgIpc) is 2.67. The monoisotopic (exact) mass is 371 g/mol. The number of hydrogen-bond donors (Lipinski definition) is 1. The van der Waals surface area contributed by atoms with E-state index in [4.69, 9.17) is 14.2 Å². The summed E-state index contributed by atoms with van der Waals surface area (Å²) < 4.78 is 16.3. The fraction of sp³-hybridized carbons (Fsp3) is 0.409. The molecule has 0 heterocycles. The molecular weight excluding hydrogens is 342 g/mol. The number of benzene rings is 2. The van der Waals surface area contributed by atoms with Gasteiger partial charge in [0.25, 0.3) is 5.91 Å². The highest BCUT2D eigenvalue weighted by molar-refractivity contribution is 5.80. The SMILES string of the molecule is COc1ccc(CCCNC(=O)[C@H](C)Oc2ccc(C)c(C)c2)cc1OC. The Kier molecular flexibility index (Phi) is 7.53. The Morgan fingerprint density at radius 3 is 2.41 bits per heavy atom. The van der Waals surface area contributed by atoms with Crippen LogP contribution in [0.5, 0.6) is 17.2 Å². The molecule has 0 bridgehead atoms. The lowest BCUT2D eigenvalue weighted by Crippen LogP contribution is -2.36. The van der Waals surface area contributed by atoms with Gasteiger partial charge < -0.3 is 19.5 Å². The largest absolute Gasteiger partial charge is 0.493 e. The molecule has 0 aliphatic heterocycles. The maximum Gasteiger partial charge on any atom is 0.260 e. The molecule has 1 amide bonds. The lowest BCUT2D eigenvalue weighted by molar-refractivity contribution is -0.127. The summed E-state index contributed by atoms with van der Waals surface area (Å²) in [6.07, 6.45) is 1.14. The van der Waals surface area contributed by atoms with Gasteiger partial charge in [0.1, 0.15) is 5.75 Å². The first kappa shape index (κ1) is 20.6. The van der Waals surface area contributed by atoms with Crippen LogP contribution in [0.1, 0.15) is 30.0 Å². The predicted molar refractivity (Wildman–Crippen MR) is 107 cm³/mol. The molecule has 0 saturated carbocycles. The minimum absolute atomic E-state index is 0.111. The Bertz CT molecular complexity index is 773. The number of ether oxygens (including phenoxy) is 3. The van der Waals surface area contributed by atoms with Crippen LogP contribution in [-0.2, 0) is 11.2 Å². The van der Waals surface area contributed by atoms with Crippen molar-refractivity contribution in [1.82, 2.24) is 5.32 Å². The van der Waals surface area contributed by atoms with Crippen LogP contribution in [-0.4, -0.2) is 32.8 Å². The van der Waals surface area contributed by atoms with Gasteiger partial charge in [-0.1, -0.05) is 12.1 Å². The van der Waals surface area contributed by atoms with Crippen LogP contribution in [0.25, 0.3) is 0 Å². The van der Waals surface area contributed by atoms with Gasteiger partial charge >= 0.3 is 0 Å². The average molecular weight is 371 g/mol. The summed E-state index contributed by atoms with van der Waals surface area (Å²) in [5.41, 5.74) is 3.49. The Labute approximate surface area is 161 Å². The lowest BCUT2D eigenvalue weighted by Gasteiger charge is -2.15. The third kappa shape index (κ3) is 5.91. The second kappa shape index (κ2) is 9.86. The second-order valence-corrected chi connectivity index (χ2v) is 6.59. The summed E-state index contributed by atoms with van der Waals surface area (Å²) in [6, 6.07) is 11.7. The highest BCUT2D eigenvalue weighted by Gasteiger charge is 2.14. The Balaban J connectivity index is 1.77. The fourth-order valence-electron chi connectivity index (χ4n) is 2.73. The van der Waals surface area contributed by atoms with E-state index in [1.165, 1.54) is 5.56 Å². The van der Waals surface area contributed by atoms with E-state index in [-0.39, 0.29) is 5.91 Å². The first-order chi connectivity index (χ1) is 12.9. The Hall–Kier alpha value is -2.69. The van der Waals surface area contributed by atoms with Crippen molar-refractivity contribution in [2.75, 3.05) is 20.8 Å². The van der Waals surface area contributed by atoms with Gasteiger partial charge in [-0.25, -0.2) is 0 Å². The summed E-state index contributed by atoms with van der Waals surface area (Å²) >= 11 is 0. The zero-order valence-electron chi connectivity index (χ0n) is 16.8. The molecule has 0 fully saturated rings. The quantitative estimate of drug-likeness (QED) is 0.681. The number of nitrogens with one attached hydrogen (secondary N) is 1. The van der Waals surface area contributed by atoms with Gasteiger partial charge in [-0.05, 0) is 74.6 Å². The Morgan fingerprint density at radius 2 is 1.74 bits per heavy atom. The molecule has 0 spiro atoms. The van der Waals surface area contributed by atoms with E-state index >= 15 is 0 Å². The lowest BCUT2D eigenvalue weighted by atomic mass is 10.1. The van der Waals surface area contributed by atoms with Crippen molar-refractivity contribution >= 4 is 5.91 Å². The molecule has 0 aliphatic carbocycles. The number of methoxy groups -OCH3 is 2. The number of amides is 1. The van der Waals surface area contributed by atoms with E-state index in [0.717, 1.165) is 29.7 Å². The van der Waals surface area contributed by atoms with Crippen LogP contribution in [0, 0.1) is 13.8 Å². The minimum Gasteiger partial charge on any atom is -0.493 e. The normalized spacial score (nSPS) is 11.6. The molecule has 1 N–H and O–H groups in total. The van der Waals surface area contributed by atoms with Crippen molar-refractivity contribution in [1.29, 1.82) is 0 Å². The number of hydrogen-bond acceptors (Lipinski definition) is 4. The summed E-state index contributed by atoms with van der Waals surface area (Å²) in [7, 11) is 3.24. The maximum absolute atomic E-state index is 12.2. The molecule has 5 nitrogen and oxygen atoms in total. The van der Waals surface area contributed by atoms with E-state index in [1.54, 1.807) is 21.1 Å². The van der Waals surface area contributed by atoms with Crippen molar-refractivity contribution in [3.05, 3.63) is 53.1 Å². The van der Waals surface area contributed by atoms with Crippen LogP contribution < -0.4 is 19.5 Å². The van der Waals surface area contributed by atoms with Gasteiger partial charge in [0.05, 0.1) is 14.2 Å². The Morgan fingerprint density at radius 1 is 1.00 bits per heavy atom. The molecule has 0 aromatic heterocycles. The highest BCUT2D eigenvalue weighted by Crippen LogP contribution is 2.27. The van der Waals surface area contributed by atoms with Gasteiger partial charge in [-0.15, -0.1) is 0 Å². The molecular formula is C22H29NO4. The molecule has 0 saturated heterocycles. The standard InChI is InChI=1S/C22H29NO4/c1-15-8-10-19(13-16(15)2)27-17(3)22(24)23-12-6-7-18-9-11-20(25-4)21(14-18)26-5/h8-11,13-14,17H,6-7,12H2,1-5H3,(H,23,24)/t17-/m0/s1. The van der Waals surface area contributed by atoms with Crippen LogP contribution in [0.15, 0.2) is 36.4 Å². The summed E-state index contributed by atoms with van der Waals surface area (Å²) in [4.78, 5) is 12.2. The van der Waals surface area contributed by atoms with Gasteiger partial charge in [-0.3, -0.25) is 4.79 Å². The van der Waals surface area contributed by atoms with Crippen molar-refractivity contribution in [3.8, 4) is 17.2 Å². The molecule has 1 atom stereocenters. The number of carbonyl (C=O) groups excluding carboxylic acids is 1. The van der Waals surface area contributed by atoms with E-state index in [9.17, 15) is 4.79 Å². The molecule has 2 rings (SSSR count). The van der Waals surface area contributed by atoms with Gasteiger partial charge in [0.2, 0.25) is 0 Å². The molecule has 0 unspecified atom stereocenters. The van der Waals surface area contributed by atoms with Crippen LogP contribution in [0.2, 0.25) is 0 Å². The molecule has 5 heteroatoms. The first-order valence-electron chi connectivity index (χ1n) is 9.17. The predicted octanol–water partition coefficient (Wildman–Crippen LogP) is 3.84. The molecule has 2 aromatic rings. The van der Waals surface area contributed by atoms with E-state index in [0.29, 0.717) is 18.0 Å². The summed E-state index contributed by atoms with van der Waals surface area (Å²) in [5.74, 6) is 2.04. The third-order valence-electron chi connectivity index (χ3n) is 4.55. The van der Waals surface area contributed by atoms with E-state index in [1.807, 2.05) is 50.2 Å². The highest BCUT2D eigenvalue weighted by atomic mass is 16.5. The van der Waals surface area contributed by atoms with Crippen molar-refractivity contribution in [3.63, 3.8) is 0 Å². The topological polar surface area (TPSA) is 56.8 Å². The number of carbonyl (C=O) groups is 1.